The molecule has 0 saturated carbocycles. The molecule has 1 aliphatic rings. The molecule has 0 spiro atoms. The lowest BCUT2D eigenvalue weighted by molar-refractivity contribution is 0.594. The van der Waals surface area contributed by atoms with Gasteiger partial charge in [-0.15, -0.1) is 0 Å². The number of benzene rings is 2. The first kappa shape index (κ1) is 14.8. The summed E-state index contributed by atoms with van der Waals surface area (Å²) >= 11 is 0. The summed E-state index contributed by atoms with van der Waals surface area (Å²) in [6, 6.07) is 16.5. The van der Waals surface area contributed by atoms with Gasteiger partial charge in [-0.1, -0.05) is 12.1 Å². The first-order chi connectivity index (χ1) is 12.8. The van der Waals surface area contributed by atoms with E-state index in [1.165, 1.54) is 0 Å². The van der Waals surface area contributed by atoms with Crippen molar-refractivity contribution in [1.29, 1.82) is 0 Å². The van der Waals surface area contributed by atoms with Crippen LogP contribution in [0.2, 0.25) is 0 Å². The van der Waals surface area contributed by atoms with Crippen LogP contribution in [0.4, 0.5) is 5.69 Å². The summed E-state index contributed by atoms with van der Waals surface area (Å²) < 4.78 is 2.03. The highest BCUT2D eigenvalue weighted by Crippen LogP contribution is 2.30. The SMILES string of the molecule is Cn1ccnc1C1NC=CN1c1ccc(-c2nc3ccccc3[nH]2)cc1. The number of hydrogen-bond acceptors (Lipinski definition) is 4. The molecule has 1 unspecified atom stereocenters. The summed E-state index contributed by atoms with van der Waals surface area (Å²) in [5.74, 6) is 1.85. The number of anilines is 1. The molecule has 0 saturated heterocycles. The van der Waals surface area contributed by atoms with Crippen molar-refractivity contribution in [3.05, 3.63) is 79.1 Å². The van der Waals surface area contributed by atoms with E-state index in [1.54, 1.807) is 0 Å². The standard InChI is InChI=1S/C20H18N6/c1-25-12-10-21-19(25)20-22-11-13-26(20)15-8-6-14(7-9-15)18-23-16-4-2-3-5-17(16)24-18/h2-13,20,22H,1H3,(H,23,24). The third-order valence-corrected chi connectivity index (χ3v) is 4.70. The van der Waals surface area contributed by atoms with Crippen molar-refractivity contribution in [2.24, 2.45) is 7.05 Å². The average molecular weight is 342 g/mol. The normalized spacial score (nSPS) is 16.3. The Hall–Kier alpha value is -3.54. The predicted octanol–water partition coefficient (Wildman–Crippen LogP) is 3.54. The second-order valence-electron chi connectivity index (χ2n) is 6.34. The van der Waals surface area contributed by atoms with Gasteiger partial charge in [-0.05, 0) is 36.4 Å². The minimum Gasteiger partial charge on any atom is -0.363 e. The van der Waals surface area contributed by atoms with Crippen LogP contribution in [-0.2, 0) is 7.05 Å². The van der Waals surface area contributed by atoms with Gasteiger partial charge in [-0.2, -0.15) is 0 Å². The van der Waals surface area contributed by atoms with Crippen LogP contribution in [0.15, 0.2) is 73.3 Å². The Bertz CT molecular complexity index is 1060. The van der Waals surface area contributed by atoms with Crippen LogP contribution in [0.25, 0.3) is 22.4 Å². The number of aromatic amines is 1. The zero-order valence-electron chi connectivity index (χ0n) is 14.3. The Labute approximate surface area is 150 Å². The maximum absolute atomic E-state index is 4.67. The van der Waals surface area contributed by atoms with Crippen molar-refractivity contribution < 1.29 is 0 Å². The number of imidazole rings is 2. The summed E-state index contributed by atoms with van der Waals surface area (Å²) in [6.07, 6.45) is 7.75. The number of rotatable bonds is 3. The Morgan fingerprint density at radius 2 is 1.88 bits per heavy atom. The Balaban J connectivity index is 1.46. The molecule has 1 atom stereocenters. The maximum atomic E-state index is 4.67. The van der Waals surface area contributed by atoms with Crippen LogP contribution in [0.1, 0.15) is 12.0 Å². The van der Waals surface area contributed by atoms with Crippen LogP contribution in [0.5, 0.6) is 0 Å². The molecule has 26 heavy (non-hydrogen) atoms. The van der Waals surface area contributed by atoms with E-state index in [4.69, 9.17) is 0 Å². The number of hydrogen-bond donors (Lipinski definition) is 2. The maximum Gasteiger partial charge on any atom is 0.163 e. The van der Waals surface area contributed by atoms with Gasteiger partial charge in [0, 0.05) is 43.1 Å². The highest BCUT2D eigenvalue weighted by atomic mass is 15.3. The minimum absolute atomic E-state index is 0.00736. The molecule has 1 aliphatic heterocycles. The van der Waals surface area contributed by atoms with Crippen molar-refractivity contribution in [3.63, 3.8) is 0 Å². The van der Waals surface area contributed by atoms with E-state index >= 15 is 0 Å². The topological polar surface area (TPSA) is 61.8 Å². The molecule has 2 aromatic carbocycles. The Morgan fingerprint density at radius 1 is 1.04 bits per heavy atom. The molecule has 0 fully saturated rings. The first-order valence-corrected chi connectivity index (χ1v) is 8.53. The molecule has 5 rings (SSSR count). The molecular formula is C20H18N6. The molecule has 3 heterocycles. The van der Waals surface area contributed by atoms with Gasteiger partial charge >= 0.3 is 0 Å². The quantitative estimate of drug-likeness (QED) is 0.598. The molecule has 6 nitrogen and oxygen atoms in total. The third kappa shape index (κ3) is 2.35. The van der Waals surface area contributed by atoms with E-state index in [0.717, 1.165) is 33.9 Å². The van der Waals surface area contributed by atoms with E-state index < -0.39 is 0 Å². The summed E-state index contributed by atoms with van der Waals surface area (Å²) in [5.41, 5.74) is 4.19. The molecule has 0 aliphatic carbocycles. The molecule has 4 aromatic rings. The van der Waals surface area contributed by atoms with Gasteiger partial charge in [0.15, 0.2) is 12.0 Å². The highest BCUT2D eigenvalue weighted by molar-refractivity contribution is 5.79. The molecule has 2 N–H and O–H groups in total. The number of fused-ring (bicyclic) bond motifs is 1. The molecule has 128 valence electrons. The molecule has 0 bridgehead atoms. The largest absolute Gasteiger partial charge is 0.363 e. The molecule has 0 amide bonds. The first-order valence-electron chi connectivity index (χ1n) is 8.53. The van der Waals surface area contributed by atoms with Gasteiger partial charge in [0.25, 0.3) is 0 Å². The Kier molecular flexibility index (Phi) is 3.28. The number of aryl methyl sites for hydroxylation is 1. The summed E-state index contributed by atoms with van der Waals surface area (Å²) in [5, 5.41) is 3.36. The fourth-order valence-corrected chi connectivity index (χ4v) is 3.34. The van der Waals surface area contributed by atoms with Crippen LogP contribution >= 0.6 is 0 Å². The molecular weight excluding hydrogens is 324 g/mol. The van der Waals surface area contributed by atoms with Crippen LogP contribution in [0.3, 0.4) is 0 Å². The third-order valence-electron chi connectivity index (χ3n) is 4.70. The van der Waals surface area contributed by atoms with Gasteiger partial charge in [-0.25, -0.2) is 9.97 Å². The van der Waals surface area contributed by atoms with Crippen molar-refractivity contribution in [3.8, 4) is 11.4 Å². The van der Waals surface area contributed by atoms with Crippen LogP contribution in [0, 0.1) is 0 Å². The molecule has 0 radical (unpaired) electrons. The van der Waals surface area contributed by atoms with Gasteiger partial charge < -0.3 is 19.8 Å². The van der Waals surface area contributed by atoms with Crippen molar-refractivity contribution in [2.75, 3.05) is 4.90 Å². The minimum atomic E-state index is -0.00736. The second kappa shape index (κ2) is 5.77. The second-order valence-corrected chi connectivity index (χ2v) is 6.34. The number of para-hydroxylation sites is 2. The van der Waals surface area contributed by atoms with Gasteiger partial charge in [0.1, 0.15) is 5.82 Å². The lowest BCUT2D eigenvalue weighted by Gasteiger charge is -2.25. The van der Waals surface area contributed by atoms with E-state index in [0.29, 0.717) is 0 Å². The van der Waals surface area contributed by atoms with Gasteiger partial charge in [-0.3, -0.25) is 0 Å². The van der Waals surface area contributed by atoms with Crippen LogP contribution in [-0.4, -0.2) is 19.5 Å². The fourth-order valence-electron chi connectivity index (χ4n) is 3.34. The van der Waals surface area contributed by atoms with E-state index in [9.17, 15) is 0 Å². The lowest BCUT2D eigenvalue weighted by Crippen LogP contribution is -2.29. The predicted molar refractivity (Wildman–Crippen MR) is 102 cm³/mol. The zero-order valence-corrected chi connectivity index (χ0v) is 14.3. The summed E-state index contributed by atoms with van der Waals surface area (Å²) in [6.45, 7) is 0. The molecule has 2 aromatic heterocycles. The van der Waals surface area contributed by atoms with Crippen molar-refractivity contribution >= 4 is 16.7 Å². The Morgan fingerprint density at radius 3 is 2.65 bits per heavy atom. The van der Waals surface area contributed by atoms with E-state index in [1.807, 2.05) is 60.7 Å². The number of aromatic nitrogens is 4. The number of H-pyrrole nitrogens is 1. The monoisotopic (exact) mass is 342 g/mol. The number of nitrogens with zero attached hydrogens (tertiary/aromatic N) is 4. The van der Waals surface area contributed by atoms with E-state index in [-0.39, 0.29) is 6.17 Å². The van der Waals surface area contributed by atoms with Gasteiger partial charge in [0.2, 0.25) is 0 Å². The number of nitrogens with one attached hydrogen (secondary N) is 2. The van der Waals surface area contributed by atoms with E-state index in [2.05, 4.69) is 49.4 Å². The van der Waals surface area contributed by atoms with Gasteiger partial charge in [0.05, 0.1) is 11.0 Å². The lowest BCUT2D eigenvalue weighted by atomic mass is 10.2. The zero-order chi connectivity index (χ0) is 17.5. The average Bonchev–Trinajstić information content (AvgIpc) is 3.40. The summed E-state index contributed by atoms with van der Waals surface area (Å²) in [4.78, 5) is 14.7. The van der Waals surface area contributed by atoms with Crippen molar-refractivity contribution in [2.45, 2.75) is 6.17 Å². The molecule has 6 heteroatoms. The highest BCUT2D eigenvalue weighted by Gasteiger charge is 2.25. The summed E-state index contributed by atoms with van der Waals surface area (Å²) in [7, 11) is 2.01. The smallest absolute Gasteiger partial charge is 0.163 e. The van der Waals surface area contributed by atoms with Crippen molar-refractivity contribution in [1.82, 2.24) is 24.8 Å². The fraction of sp³-hybridized carbons (Fsp3) is 0.100. The van der Waals surface area contributed by atoms with Crippen LogP contribution < -0.4 is 10.2 Å².